The van der Waals surface area contributed by atoms with Gasteiger partial charge in [0.15, 0.2) is 5.78 Å². The molecule has 1 heterocycles. The molecule has 0 fully saturated rings. The van der Waals surface area contributed by atoms with E-state index in [2.05, 4.69) is 5.32 Å². The molecule has 26 heavy (non-hydrogen) atoms. The molecule has 0 aliphatic heterocycles. The minimum atomic E-state index is -0.0149. The smallest absolute Gasteiger partial charge is 0.220 e. The van der Waals surface area contributed by atoms with E-state index in [0.717, 1.165) is 5.76 Å². The fraction of sp³-hybridized carbons (Fsp3) is 0.400. The van der Waals surface area contributed by atoms with Gasteiger partial charge in [0.25, 0.3) is 0 Å². The summed E-state index contributed by atoms with van der Waals surface area (Å²) >= 11 is 0. The van der Waals surface area contributed by atoms with Gasteiger partial charge < -0.3 is 14.5 Å². The van der Waals surface area contributed by atoms with Gasteiger partial charge in [0, 0.05) is 18.5 Å². The molecular formula is C20H26N2O4. The van der Waals surface area contributed by atoms with E-state index < -0.39 is 0 Å². The Hall–Kier alpha value is -2.60. The summed E-state index contributed by atoms with van der Waals surface area (Å²) in [6.45, 7) is 2.47. The Morgan fingerprint density at radius 2 is 1.92 bits per heavy atom. The molecule has 0 aliphatic rings. The largest absolute Gasteiger partial charge is 0.494 e. The average Bonchev–Trinajstić information content (AvgIpc) is 3.13. The first-order chi connectivity index (χ1) is 12.5. The Bertz CT molecular complexity index is 693. The van der Waals surface area contributed by atoms with Crippen LogP contribution in [-0.4, -0.2) is 43.8 Å². The predicted molar refractivity (Wildman–Crippen MR) is 99.3 cm³/mol. The lowest BCUT2D eigenvalue weighted by Crippen LogP contribution is -2.34. The van der Waals surface area contributed by atoms with Gasteiger partial charge in [0.05, 0.1) is 18.9 Å². The van der Waals surface area contributed by atoms with E-state index in [1.54, 1.807) is 30.5 Å². The quantitative estimate of drug-likeness (QED) is 0.522. The number of nitrogens with one attached hydrogen (secondary N) is 1. The number of ether oxygens (including phenoxy) is 1. The van der Waals surface area contributed by atoms with E-state index in [0.29, 0.717) is 37.3 Å². The maximum atomic E-state index is 12.0. The highest BCUT2D eigenvalue weighted by atomic mass is 16.5. The summed E-state index contributed by atoms with van der Waals surface area (Å²) in [5.41, 5.74) is 0.656. The SMILES string of the molecule is CC(=O)c1ccc(OCCCC(=O)NC[C@@H](c2ccco2)N(C)C)cc1. The molecule has 0 saturated heterocycles. The van der Waals surface area contributed by atoms with Crippen LogP contribution in [0, 0.1) is 0 Å². The second-order valence-electron chi connectivity index (χ2n) is 6.33. The van der Waals surface area contributed by atoms with Crippen LogP contribution in [0.5, 0.6) is 5.75 Å². The van der Waals surface area contributed by atoms with Crippen molar-refractivity contribution in [2.75, 3.05) is 27.2 Å². The number of rotatable bonds is 10. The minimum Gasteiger partial charge on any atom is -0.494 e. The number of hydrogen-bond donors (Lipinski definition) is 1. The fourth-order valence-corrected chi connectivity index (χ4v) is 2.53. The van der Waals surface area contributed by atoms with Gasteiger partial charge >= 0.3 is 0 Å². The van der Waals surface area contributed by atoms with Crippen molar-refractivity contribution in [1.82, 2.24) is 10.2 Å². The third kappa shape index (κ3) is 6.04. The van der Waals surface area contributed by atoms with Gasteiger partial charge in [-0.15, -0.1) is 0 Å². The summed E-state index contributed by atoms with van der Waals surface area (Å²) in [5, 5.41) is 2.94. The van der Waals surface area contributed by atoms with Crippen LogP contribution in [0.2, 0.25) is 0 Å². The number of furan rings is 1. The summed E-state index contributed by atoms with van der Waals surface area (Å²) in [6.07, 6.45) is 2.64. The predicted octanol–water partition coefficient (Wildman–Crippen LogP) is 3.06. The van der Waals surface area contributed by atoms with Gasteiger partial charge in [0.2, 0.25) is 5.91 Å². The van der Waals surface area contributed by atoms with Crippen LogP contribution >= 0.6 is 0 Å². The zero-order valence-electron chi connectivity index (χ0n) is 15.5. The Labute approximate surface area is 154 Å². The monoisotopic (exact) mass is 358 g/mol. The van der Waals surface area contributed by atoms with E-state index >= 15 is 0 Å². The van der Waals surface area contributed by atoms with Crippen molar-refractivity contribution in [2.24, 2.45) is 0 Å². The summed E-state index contributed by atoms with van der Waals surface area (Å²) in [6, 6.07) is 10.8. The molecule has 6 heteroatoms. The van der Waals surface area contributed by atoms with Gasteiger partial charge in [0.1, 0.15) is 11.5 Å². The van der Waals surface area contributed by atoms with Gasteiger partial charge in [-0.2, -0.15) is 0 Å². The zero-order valence-corrected chi connectivity index (χ0v) is 15.5. The summed E-state index contributed by atoms with van der Waals surface area (Å²) in [5.74, 6) is 1.53. The lowest BCUT2D eigenvalue weighted by Gasteiger charge is -2.22. The molecule has 0 spiro atoms. The van der Waals surface area contributed by atoms with Crippen LogP contribution in [0.1, 0.15) is 41.9 Å². The Morgan fingerprint density at radius 3 is 2.50 bits per heavy atom. The zero-order chi connectivity index (χ0) is 18.9. The van der Waals surface area contributed by atoms with E-state index in [9.17, 15) is 9.59 Å². The van der Waals surface area contributed by atoms with Crippen molar-refractivity contribution < 1.29 is 18.7 Å². The minimum absolute atomic E-state index is 0.00462. The third-order valence-corrected chi connectivity index (χ3v) is 4.07. The Balaban J connectivity index is 1.67. The number of likely N-dealkylation sites (N-methyl/N-ethyl adjacent to an activating group) is 1. The standard InChI is InChI=1S/C20H26N2O4/c1-15(23)16-8-10-17(11-9-16)25-12-5-7-20(24)21-14-18(22(2)3)19-6-4-13-26-19/h4,6,8-11,13,18H,5,7,12,14H2,1-3H3,(H,21,24)/t18-/m0/s1. The highest BCUT2D eigenvalue weighted by Crippen LogP contribution is 2.17. The lowest BCUT2D eigenvalue weighted by atomic mass is 10.1. The highest BCUT2D eigenvalue weighted by molar-refractivity contribution is 5.94. The summed E-state index contributed by atoms with van der Waals surface area (Å²) in [4.78, 5) is 25.2. The molecule has 2 rings (SSSR count). The average molecular weight is 358 g/mol. The molecule has 0 unspecified atom stereocenters. The molecule has 140 valence electrons. The van der Waals surface area contributed by atoms with Crippen molar-refractivity contribution in [2.45, 2.75) is 25.8 Å². The molecule has 1 atom stereocenters. The first-order valence-corrected chi connectivity index (χ1v) is 8.67. The van der Waals surface area contributed by atoms with Gasteiger partial charge in [-0.3, -0.25) is 14.5 Å². The molecule has 2 aromatic rings. The van der Waals surface area contributed by atoms with Crippen LogP contribution in [0.15, 0.2) is 47.1 Å². The van der Waals surface area contributed by atoms with Crippen molar-refractivity contribution in [1.29, 1.82) is 0 Å². The Kier molecular flexibility index (Phi) is 7.41. The molecule has 6 nitrogen and oxygen atoms in total. The second kappa shape index (κ2) is 9.77. The number of nitrogens with zero attached hydrogens (tertiary/aromatic N) is 1. The van der Waals surface area contributed by atoms with Crippen LogP contribution in [0.25, 0.3) is 0 Å². The number of hydrogen-bond acceptors (Lipinski definition) is 5. The number of carbonyl (C=O) groups is 2. The van der Waals surface area contributed by atoms with E-state index in [-0.39, 0.29) is 17.7 Å². The molecule has 0 saturated carbocycles. The molecule has 1 aromatic heterocycles. The van der Waals surface area contributed by atoms with Gasteiger partial charge in [-0.1, -0.05) is 0 Å². The molecular weight excluding hydrogens is 332 g/mol. The van der Waals surface area contributed by atoms with Crippen molar-refractivity contribution in [3.05, 3.63) is 54.0 Å². The van der Waals surface area contributed by atoms with Crippen molar-refractivity contribution in [3.8, 4) is 5.75 Å². The van der Waals surface area contributed by atoms with Crippen molar-refractivity contribution in [3.63, 3.8) is 0 Å². The summed E-state index contributed by atoms with van der Waals surface area (Å²) < 4.78 is 11.0. The summed E-state index contributed by atoms with van der Waals surface area (Å²) in [7, 11) is 3.90. The lowest BCUT2D eigenvalue weighted by molar-refractivity contribution is -0.121. The van der Waals surface area contributed by atoms with Crippen LogP contribution in [0.3, 0.4) is 0 Å². The maximum Gasteiger partial charge on any atom is 0.220 e. The maximum absolute atomic E-state index is 12.0. The van der Waals surface area contributed by atoms with Crippen molar-refractivity contribution >= 4 is 11.7 Å². The molecule has 0 bridgehead atoms. The number of benzene rings is 1. The first-order valence-electron chi connectivity index (χ1n) is 8.67. The van der Waals surface area contributed by atoms with E-state index in [1.165, 1.54) is 6.92 Å². The molecule has 1 amide bonds. The number of ketones is 1. The molecule has 1 aromatic carbocycles. The molecule has 1 N–H and O–H groups in total. The third-order valence-electron chi connectivity index (χ3n) is 4.07. The first kappa shape index (κ1) is 19.7. The van der Waals surface area contributed by atoms with E-state index in [1.807, 2.05) is 31.1 Å². The topological polar surface area (TPSA) is 71.8 Å². The van der Waals surface area contributed by atoms with Gasteiger partial charge in [-0.25, -0.2) is 0 Å². The van der Waals surface area contributed by atoms with Gasteiger partial charge in [-0.05, 0) is 63.8 Å². The van der Waals surface area contributed by atoms with E-state index in [4.69, 9.17) is 9.15 Å². The number of carbonyl (C=O) groups excluding carboxylic acids is 2. The molecule has 0 aliphatic carbocycles. The Morgan fingerprint density at radius 1 is 1.19 bits per heavy atom. The fourth-order valence-electron chi connectivity index (χ4n) is 2.53. The van der Waals surface area contributed by atoms with Crippen LogP contribution in [-0.2, 0) is 4.79 Å². The van der Waals surface area contributed by atoms with Crippen LogP contribution < -0.4 is 10.1 Å². The second-order valence-corrected chi connectivity index (χ2v) is 6.33. The molecule has 0 radical (unpaired) electrons. The normalized spacial score (nSPS) is 12.0. The highest BCUT2D eigenvalue weighted by Gasteiger charge is 2.17. The number of Topliss-reactive ketones (excluding diaryl/α,β-unsaturated/α-hetero) is 1. The number of amides is 1. The van der Waals surface area contributed by atoms with Crippen LogP contribution in [0.4, 0.5) is 0 Å².